The molecular formula is C6H4Cl2N4O2. The summed E-state index contributed by atoms with van der Waals surface area (Å²) in [4.78, 5) is 17.8. The van der Waals surface area contributed by atoms with Crippen LogP contribution in [0.25, 0.3) is 0 Å². The maximum atomic E-state index is 10.6. The molecule has 1 aromatic heterocycles. The molecular weight excluding hydrogens is 231 g/mol. The van der Waals surface area contributed by atoms with Crippen LogP contribution in [0, 0.1) is 0 Å². The summed E-state index contributed by atoms with van der Waals surface area (Å²) in [5, 5.41) is 11.6. The van der Waals surface area contributed by atoms with E-state index in [1.54, 1.807) is 0 Å². The number of aromatic nitrogens is 2. The third-order valence-electron chi connectivity index (χ3n) is 1.26. The topological polar surface area (TPSA) is 101 Å². The summed E-state index contributed by atoms with van der Waals surface area (Å²) in [6.07, 6.45) is 1.15. The fraction of sp³-hybridized carbons (Fsp3) is 0. The molecule has 14 heavy (non-hydrogen) atoms. The van der Waals surface area contributed by atoms with Crippen molar-refractivity contribution >= 4 is 34.9 Å². The molecule has 0 spiro atoms. The Kier molecular flexibility index (Phi) is 3.21. The quantitative estimate of drug-likeness (QED) is 0.442. The zero-order valence-electron chi connectivity index (χ0n) is 6.61. The number of carboxylic acid groups (broad SMARTS) is 1. The number of hydrogen-bond acceptors (Lipinski definition) is 5. The Hall–Kier alpha value is -1.40. The number of halogens is 2. The van der Waals surface area contributed by atoms with Crippen molar-refractivity contribution in [3.63, 3.8) is 0 Å². The van der Waals surface area contributed by atoms with Crippen molar-refractivity contribution in [2.45, 2.75) is 0 Å². The summed E-state index contributed by atoms with van der Waals surface area (Å²) in [5.41, 5.74) is -0.592. The Morgan fingerprint density at radius 3 is 2.64 bits per heavy atom. The van der Waals surface area contributed by atoms with Gasteiger partial charge in [0.25, 0.3) is 0 Å². The number of carboxylic acids is 1. The van der Waals surface area contributed by atoms with Crippen molar-refractivity contribution in [1.82, 2.24) is 9.97 Å². The van der Waals surface area contributed by atoms with Crippen LogP contribution in [-0.4, -0.2) is 26.8 Å². The van der Waals surface area contributed by atoms with E-state index in [1.807, 2.05) is 0 Å². The summed E-state index contributed by atoms with van der Waals surface area (Å²) < 4.78 is 0. The van der Waals surface area contributed by atoms with Gasteiger partial charge >= 0.3 is 5.97 Å². The summed E-state index contributed by atoms with van der Waals surface area (Å²) >= 11 is 11.1. The molecule has 0 aliphatic rings. The lowest BCUT2D eigenvalue weighted by Crippen LogP contribution is -2.18. The first-order valence-corrected chi connectivity index (χ1v) is 4.01. The van der Waals surface area contributed by atoms with Gasteiger partial charge in [0.15, 0.2) is 10.9 Å². The molecule has 0 bridgehead atoms. The number of nitrogens with two attached hydrogens (primary N) is 1. The van der Waals surface area contributed by atoms with E-state index in [4.69, 9.17) is 34.2 Å². The monoisotopic (exact) mass is 234 g/mol. The largest absolute Gasteiger partial charge is 0.476 e. The lowest BCUT2D eigenvalue weighted by molar-refractivity contribution is -0.129. The first-order valence-electron chi connectivity index (χ1n) is 3.26. The van der Waals surface area contributed by atoms with Crippen molar-refractivity contribution in [3.05, 3.63) is 22.2 Å². The SMILES string of the molecule is NN=C(C(=O)O)c1ncc(Cl)nc1Cl. The van der Waals surface area contributed by atoms with E-state index >= 15 is 0 Å². The molecule has 8 heteroatoms. The van der Waals surface area contributed by atoms with Crippen molar-refractivity contribution in [1.29, 1.82) is 0 Å². The average molecular weight is 235 g/mol. The molecule has 1 rings (SSSR count). The van der Waals surface area contributed by atoms with Crippen LogP contribution in [0.4, 0.5) is 0 Å². The number of rotatable bonds is 2. The minimum absolute atomic E-state index is 0.0560. The molecule has 0 radical (unpaired) electrons. The van der Waals surface area contributed by atoms with Crippen LogP contribution < -0.4 is 5.84 Å². The Morgan fingerprint density at radius 2 is 2.21 bits per heavy atom. The van der Waals surface area contributed by atoms with Gasteiger partial charge in [-0.3, -0.25) is 0 Å². The molecule has 1 heterocycles. The van der Waals surface area contributed by atoms with Crippen LogP contribution in [0.5, 0.6) is 0 Å². The van der Waals surface area contributed by atoms with Crippen molar-refractivity contribution < 1.29 is 9.90 Å². The molecule has 0 aliphatic heterocycles. The lowest BCUT2D eigenvalue weighted by Gasteiger charge is -2.00. The van der Waals surface area contributed by atoms with Crippen molar-refractivity contribution in [3.8, 4) is 0 Å². The van der Waals surface area contributed by atoms with Gasteiger partial charge in [-0.15, -0.1) is 0 Å². The van der Waals surface area contributed by atoms with Gasteiger partial charge in [0.1, 0.15) is 10.8 Å². The van der Waals surface area contributed by atoms with Crippen molar-refractivity contribution in [2.75, 3.05) is 0 Å². The summed E-state index contributed by atoms with van der Waals surface area (Å²) in [6.45, 7) is 0. The predicted octanol–water partition coefficient (Wildman–Crippen LogP) is 0.531. The predicted molar refractivity (Wildman–Crippen MR) is 50.4 cm³/mol. The van der Waals surface area contributed by atoms with E-state index in [2.05, 4.69) is 15.1 Å². The van der Waals surface area contributed by atoms with Crippen LogP contribution >= 0.6 is 23.2 Å². The zero-order valence-corrected chi connectivity index (χ0v) is 8.12. The fourth-order valence-electron chi connectivity index (χ4n) is 0.723. The van der Waals surface area contributed by atoms with Gasteiger partial charge in [0.05, 0.1) is 6.20 Å². The zero-order chi connectivity index (χ0) is 10.7. The van der Waals surface area contributed by atoms with Gasteiger partial charge in [0.2, 0.25) is 0 Å². The van der Waals surface area contributed by atoms with Gasteiger partial charge in [-0.2, -0.15) is 5.10 Å². The molecule has 6 nitrogen and oxygen atoms in total. The van der Waals surface area contributed by atoms with Gasteiger partial charge in [-0.25, -0.2) is 14.8 Å². The van der Waals surface area contributed by atoms with E-state index in [-0.39, 0.29) is 16.0 Å². The number of hydrazone groups is 1. The van der Waals surface area contributed by atoms with Crippen LogP contribution in [0.3, 0.4) is 0 Å². The Labute approximate surface area is 88.4 Å². The third kappa shape index (κ3) is 2.09. The molecule has 74 valence electrons. The van der Waals surface area contributed by atoms with Crippen LogP contribution in [0.1, 0.15) is 5.69 Å². The first-order chi connectivity index (χ1) is 6.56. The Bertz CT molecular complexity index is 407. The second kappa shape index (κ2) is 4.21. The number of carbonyl (C=O) groups is 1. The van der Waals surface area contributed by atoms with E-state index in [0.717, 1.165) is 6.20 Å². The standard InChI is InChI=1S/C6H4Cl2N4O2/c7-2-1-10-3(5(8)11-2)4(12-9)6(13)14/h1H,9H2,(H,13,14). The molecule has 3 N–H and O–H groups in total. The smallest absolute Gasteiger partial charge is 0.358 e. The summed E-state index contributed by atoms with van der Waals surface area (Å²) in [6, 6.07) is 0. The molecule has 0 fully saturated rings. The average Bonchev–Trinajstić information content (AvgIpc) is 2.09. The summed E-state index contributed by atoms with van der Waals surface area (Å²) in [5.74, 6) is 3.52. The second-order valence-corrected chi connectivity index (χ2v) is 2.86. The third-order valence-corrected chi connectivity index (χ3v) is 1.70. The molecule has 0 saturated carbocycles. The molecule has 0 aliphatic carbocycles. The van der Waals surface area contributed by atoms with E-state index in [9.17, 15) is 4.79 Å². The van der Waals surface area contributed by atoms with Crippen LogP contribution in [0.15, 0.2) is 11.3 Å². The van der Waals surface area contributed by atoms with Gasteiger partial charge in [0, 0.05) is 0 Å². The number of hydrogen-bond donors (Lipinski definition) is 2. The van der Waals surface area contributed by atoms with E-state index in [0.29, 0.717) is 0 Å². The minimum Gasteiger partial charge on any atom is -0.476 e. The van der Waals surface area contributed by atoms with E-state index < -0.39 is 11.7 Å². The highest BCUT2D eigenvalue weighted by Crippen LogP contribution is 2.14. The minimum atomic E-state index is -1.34. The highest BCUT2D eigenvalue weighted by molar-refractivity contribution is 6.46. The first kappa shape index (κ1) is 10.7. The molecule has 0 atom stereocenters. The Balaban J connectivity index is 3.25. The maximum Gasteiger partial charge on any atom is 0.358 e. The Morgan fingerprint density at radius 1 is 1.57 bits per heavy atom. The van der Waals surface area contributed by atoms with Gasteiger partial charge < -0.3 is 10.9 Å². The normalized spacial score (nSPS) is 11.4. The fourth-order valence-corrected chi connectivity index (χ4v) is 1.13. The van der Waals surface area contributed by atoms with Crippen LogP contribution in [-0.2, 0) is 4.79 Å². The lowest BCUT2D eigenvalue weighted by atomic mass is 10.3. The summed E-state index contributed by atoms with van der Waals surface area (Å²) in [7, 11) is 0. The van der Waals surface area contributed by atoms with Crippen LogP contribution in [0.2, 0.25) is 10.3 Å². The maximum absolute atomic E-state index is 10.6. The van der Waals surface area contributed by atoms with E-state index in [1.165, 1.54) is 0 Å². The van der Waals surface area contributed by atoms with Gasteiger partial charge in [-0.05, 0) is 0 Å². The molecule has 0 amide bonds. The number of nitrogens with zero attached hydrogens (tertiary/aromatic N) is 3. The highest BCUT2D eigenvalue weighted by Gasteiger charge is 2.18. The molecule has 0 unspecified atom stereocenters. The highest BCUT2D eigenvalue weighted by atomic mass is 35.5. The second-order valence-electron chi connectivity index (χ2n) is 2.12. The van der Waals surface area contributed by atoms with Crippen molar-refractivity contribution in [2.24, 2.45) is 10.9 Å². The molecule has 0 saturated heterocycles. The molecule has 0 aromatic carbocycles. The van der Waals surface area contributed by atoms with Gasteiger partial charge in [-0.1, -0.05) is 23.2 Å². The number of aliphatic carboxylic acids is 1. The molecule has 1 aromatic rings.